The van der Waals surface area contributed by atoms with Crippen LogP contribution >= 0.6 is 0 Å². The molecule has 1 amide bonds. The van der Waals surface area contributed by atoms with Gasteiger partial charge in [0.05, 0.1) is 6.61 Å². The Hall–Kier alpha value is -1.59. The maximum absolute atomic E-state index is 11.4. The minimum absolute atomic E-state index is 0.0822. The Balaban J connectivity index is 2.17. The Bertz CT molecular complexity index is 371. The topological polar surface area (TPSA) is 67.6 Å². The van der Waals surface area contributed by atoms with Crippen molar-refractivity contribution >= 4 is 11.6 Å². The molecule has 5 heteroatoms. The predicted octanol–water partition coefficient (Wildman–Crippen LogP) is 0.995. The van der Waals surface area contributed by atoms with Crippen LogP contribution in [-0.2, 0) is 9.53 Å². The molecule has 0 bridgehead atoms. The molecule has 0 fully saturated rings. The summed E-state index contributed by atoms with van der Waals surface area (Å²) in [5.74, 6) is -0.0822. The lowest BCUT2D eigenvalue weighted by Crippen LogP contribution is -2.32. The highest BCUT2D eigenvalue weighted by Crippen LogP contribution is 2.12. The van der Waals surface area contributed by atoms with Crippen LogP contribution in [0.3, 0.4) is 0 Å². The number of carbonyl (C=O) groups is 1. The number of amides is 1. The molecule has 112 valence electrons. The fraction of sp³-hybridized carbons (Fsp3) is 0.533. The number of anilines is 1. The van der Waals surface area contributed by atoms with Crippen molar-refractivity contribution in [2.75, 3.05) is 44.3 Å². The van der Waals surface area contributed by atoms with E-state index in [0.717, 1.165) is 19.5 Å². The molecule has 1 aromatic carbocycles. The molecule has 1 aromatic rings. The maximum atomic E-state index is 11.4. The molecule has 0 unspecified atom stereocenters. The lowest BCUT2D eigenvalue weighted by Gasteiger charge is -2.23. The summed E-state index contributed by atoms with van der Waals surface area (Å²) >= 11 is 0. The van der Waals surface area contributed by atoms with E-state index in [9.17, 15) is 4.79 Å². The van der Waals surface area contributed by atoms with Crippen LogP contribution in [0, 0.1) is 0 Å². The van der Waals surface area contributed by atoms with Crippen LogP contribution in [0.5, 0.6) is 0 Å². The fourth-order valence-corrected chi connectivity index (χ4v) is 1.91. The first-order chi connectivity index (χ1) is 9.77. The Kier molecular flexibility index (Phi) is 8.42. The van der Waals surface area contributed by atoms with Crippen LogP contribution in [0.15, 0.2) is 30.3 Å². The molecular weight excluding hydrogens is 254 g/mol. The van der Waals surface area contributed by atoms with Crippen molar-refractivity contribution in [3.05, 3.63) is 30.3 Å². The second-order valence-corrected chi connectivity index (χ2v) is 4.46. The Morgan fingerprint density at radius 2 is 2.10 bits per heavy atom. The number of nitrogens with one attached hydrogen (secondary N) is 1. The van der Waals surface area contributed by atoms with Gasteiger partial charge in [0.15, 0.2) is 0 Å². The molecule has 0 aliphatic rings. The van der Waals surface area contributed by atoms with E-state index in [-0.39, 0.29) is 12.5 Å². The Labute approximate surface area is 121 Å². The molecule has 5 nitrogen and oxygen atoms in total. The number of rotatable bonds is 10. The van der Waals surface area contributed by atoms with Crippen molar-refractivity contribution in [1.82, 2.24) is 5.32 Å². The third-order valence-electron chi connectivity index (χ3n) is 2.93. The van der Waals surface area contributed by atoms with E-state index < -0.39 is 0 Å². The predicted molar refractivity (Wildman–Crippen MR) is 81.8 cm³/mol. The lowest BCUT2D eigenvalue weighted by molar-refractivity contribution is -0.125. The quantitative estimate of drug-likeness (QED) is 0.627. The van der Waals surface area contributed by atoms with Gasteiger partial charge in [-0.3, -0.25) is 4.79 Å². The van der Waals surface area contributed by atoms with Crippen molar-refractivity contribution < 1.29 is 9.53 Å². The van der Waals surface area contributed by atoms with E-state index in [1.54, 1.807) is 0 Å². The Morgan fingerprint density at radius 3 is 2.75 bits per heavy atom. The Morgan fingerprint density at radius 1 is 1.35 bits per heavy atom. The zero-order valence-corrected chi connectivity index (χ0v) is 12.2. The van der Waals surface area contributed by atoms with Gasteiger partial charge in [0, 0.05) is 31.9 Å². The number of hydrogen-bond donors (Lipinski definition) is 2. The fourth-order valence-electron chi connectivity index (χ4n) is 1.91. The van der Waals surface area contributed by atoms with Gasteiger partial charge in [-0.15, -0.1) is 0 Å². The number of carbonyl (C=O) groups excluding carboxylic acids is 1. The van der Waals surface area contributed by atoms with E-state index in [1.807, 2.05) is 18.2 Å². The number of ether oxygens (including phenoxy) is 1. The third-order valence-corrected chi connectivity index (χ3v) is 2.93. The van der Waals surface area contributed by atoms with Crippen molar-refractivity contribution in [2.24, 2.45) is 5.73 Å². The summed E-state index contributed by atoms with van der Waals surface area (Å²) in [6, 6.07) is 10.3. The molecule has 0 saturated carbocycles. The minimum Gasteiger partial charge on any atom is -0.372 e. The van der Waals surface area contributed by atoms with Crippen LogP contribution in [0.1, 0.15) is 13.3 Å². The maximum Gasteiger partial charge on any atom is 0.245 e. The third kappa shape index (κ3) is 6.54. The average molecular weight is 279 g/mol. The van der Waals surface area contributed by atoms with Crippen molar-refractivity contribution in [3.8, 4) is 0 Å². The lowest BCUT2D eigenvalue weighted by atomic mass is 10.2. The first kappa shape index (κ1) is 16.5. The van der Waals surface area contributed by atoms with Gasteiger partial charge < -0.3 is 20.7 Å². The van der Waals surface area contributed by atoms with Crippen molar-refractivity contribution in [2.45, 2.75) is 13.3 Å². The van der Waals surface area contributed by atoms with E-state index in [0.29, 0.717) is 19.7 Å². The molecule has 0 aromatic heterocycles. The van der Waals surface area contributed by atoms with Gasteiger partial charge in [-0.1, -0.05) is 18.2 Å². The number of hydrogen-bond acceptors (Lipinski definition) is 4. The molecule has 1 rings (SSSR count). The molecule has 0 aliphatic heterocycles. The molecule has 0 atom stereocenters. The molecule has 0 heterocycles. The van der Waals surface area contributed by atoms with Crippen LogP contribution in [-0.4, -0.2) is 45.3 Å². The highest BCUT2D eigenvalue weighted by Gasteiger charge is 2.04. The number of para-hydroxylation sites is 1. The van der Waals surface area contributed by atoms with Crippen molar-refractivity contribution in [3.63, 3.8) is 0 Å². The van der Waals surface area contributed by atoms with Gasteiger partial charge in [0.1, 0.15) is 6.61 Å². The SMILES string of the molecule is CCN(CCCNC(=O)COCCN)c1ccccc1. The molecule has 20 heavy (non-hydrogen) atoms. The molecule has 0 radical (unpaired) electrons. The monoisotopic (exact) mass is 279 g/mol. The number of benzene rings is 1. The second-order valence-electron chi connectivity index (χ2n) is 4.46. The summed E-state index contributed by atoms with van der Waals surface area (Å²) in [5, 5.41) is 2.84. The average Bonchev–Trinajstić information content (AvgIpc) is 2.48. The van der Waals surface area contributed by atoms with Crippen LogP contribution in [0.25, 0.3) is 0 Å². The smallest absolute Gasteiger partial charge is 0.245 e. The van der Waals surface area contributed by atoms with Gasteiger partial charge in [-0.05, 0) is 25.5 Å². The minimum atomic E-state index is -0.0822. The zero-order chi connectivity index (χ0) is 14.6. The zero-order valence-electron chi connectivity index (χ0n) is 12.2. The van der Waals surface area contributed by atoms with Gasteiger partial charge in [-0.2, -0.15) is 0 Å². The van der Waals surface area contributed by atoms with Gasteiger partial charge in [-0.25, -0.2) is 0 Å². The highest BCUT2D eigenvalue weighted by molar-refractivity contribution is 5.77. The highest BCUT2D eigenvalue weighted by atomic mass is 16.5. The molecule has 0 aliphatic carbocycles. The molecule has 0 spiro atoms. The van der Waals surface area contributed by atoms with Gasteiger partial charge in [0.2, 0.25) is 5.91 Å². The normalized spacial score (nSPS) is 10.3. The number of nitrogens with zero attached hydrogens (tertiary/aromatic N) is 1. The summed E-state index contributed by atoms with van der Waals surface area (Å²) < 4.78 is 5.07. The van der Waals surface area contributed by atoms with Gasteiger partial charge in [0.25, 0.3) is 0 Å². The molecule has 0 saturated heterocycles. The summed E-state index contributed by atoms with van der Waals surface area (Å²) in [6.07, 6.45) is 0.908. The van der Waals surface area contributed by atoms with E-state index in [2.05, 4.69) is 29.3 Å². The first-order valence-corrected chi connectivity index (χ1v) is 7.12. The van der Waals surface area contributed by atoms with Crippen LogP contribution in [0.4, 0.5) is 5.69 Å². The summed E-state index contributed by atoms with van der Waals surface area (Å²) in [4.78, 5) is 13.7. The van der Waals surface area contributed by atoms with E-state index in [1.165, 1.54) is 5.69 Å². The number of nitrogens with two attached hydrogens (primary N) is 1. The second kappa shape index (κ2) is 10.2. The van der Waals surface area contributed by atoms with E-state index >= 15 is 0 Å². The van der Waals surface area contributed by atoms with Crippen LogP contribution < -0.4 is 16.0 Å². The molecule has 3 N–H and O–H groups in total. The molecular formula is C15H25N3O2. The summed E-state index contributed by atoms with van der Waals surface area (Å²) in [6.45, 7) is 5.62. The van der Waals surface area contributed by atoms with Crippen LogP contribution in [0.2, 0.25) is 0 Å². The van der Waals surface area contributed by atoms with E-state index in [4.69, 9.17) is 10.5 Å². The van der Waals surface area contributed by atoms with Crippen molar-refractivity contribution in [1.29, 1.82) is 0 Å². The summed E-state index contributed by atoms with van der Waals surface area (Å²) in [5.41, 5.74) is 6.49. The summed E-state index contributed by atoms with van der Waals surface area (Å²) in [7, 11) is 0. The van der Waals surface area contributed by atoms with Gasteiger partial charge >= 0.3 is 0 Å². The standard InChI is InChI=1S/C15H25N3O2/c1-2-18(14-7-4-3-5-8-14)11-6-10-17-15(19)13-20-12-9-16/h3-5,7-8H,2,6,9-13,16H2,1H3,(H,17,19). The first-order valence-electron chi connectivity index (χ1n) is 7.12. The largest absolute Gasteiger partial charge is 0.372 e.